The SMILES string of the molecule is COc1ccc(NC(=O)c2ccc(N3C(=O)[C@@H]4[C@H]5C=C[C@@H]([C@@H]6C[C@@H]56)[C@@H]4C3=O)cc2)cc1. The van der Waals surface area contributed by atoms with Crippen molar-refractivity contribution in [1.29, 1.82) is 0 Å². The zero-order valence-corrected chi connectivity index (χ0v) is 17.0. The molecule has 6 atom stereocenters. The molecule has 156 valence electrons. The number of carbonyl (C=O) groups is 3. The van der Waals surface area contributed by atoms with Crippen LogP contribution in [0.1, 0.15) is 16.8 Å². The fourth-order valence-electron chi connectivity index (χ4n) is 5.85. The van der Waals surface area contributed by atoms with Crippen LogP contribution in [0.5, 0.6) is 5.75 Å². The van der Waals surface area contributed by atoms with Crippen LogP contribution in [0, 0.1) is 35.5 Å². The fraction of sp³-hybridized carbons (Fsp3) is 0.320. The summed E-state index contributed by atoms with van der Waals surface area (Å²) >= 11 is 0. The number of hydrogen-bond acceptors (Lipinski definition) is 4. The number of imide groups is 1. The van der Waals surface area contributed by atoms with E-state index < -0.39 is 0 Å². The third kappa shape index (κ3) is 2.67. The molecule has 2 aromatic carbocycles. The van der Waals surface area contributed by atoms with Crippen LogP contribution in [-0.4, -0.2) is 24.8 Å². The second kappa shape index (κ2) is 6.54. The number of ether oxygens (including phenoxy) is 1. The first-order valence-corrected chi connectivity index (χ1v) is 10.7. The standard InChI is InChI=1S/C25H22N2O4/c1-31-16-8-4-14(5-9-16)26-23(28)13-2-6-15(7-3-13)27-24(29)21-17-10-11-18(20-12-19(17)20)22(21)25(27)30/h2-11,17-22H,12H2,1H3,(H,26,28)/t17-,18-,19-,20-,21-,22+/m0/s1. The van der Waals surface area contributed by atoms with Gasteiger partial charge in [0.2, 0.25) is 11.8 Å². The van der Waals surface area contributed by atoms with Gasteiger partial charge in [-0.15, -0.1) is 0 Å². The zero-order valence-electron chi connectivity index (χ0n) is 17.0. The first-order chi connectivity index (χ1) is 15.1. The van der Waals surface area contributed by atoms with Crippen molar-refractivity contribution in [2.24, 2.45) is 35.5 Å². The molecule has 2 saturated carbocycles. The lowest BCUT2D eigenvalue weighted by molar-refractivity contribution is -0.124. The maximum atomic E-state index is 13.2. The van der Waals surface area contributed by atoms with Gasteiger partial charge in [-0.2, -0.15) is 0 Å². The smallest absolute Gasteiger partial charge is 0.255 e. The average molecular weight is 414 g/mol. The van der Waals surface area contributed by atoms with Crippen molar-refractivity contribution < 1.29 is 19.1 Å². The van der Waals surface area contributed by atoms with Gasteiger partial charge in [-0.1, -0.05) is 12.2 Å². The molecule has 3 fully saturated rings. The van der Waals surface area contributed by atoms with Gasteiger partial charge in [-0.3, -0.25) is 19.3 Å². The van der Waals surface area contributed by atoms with E-state index in [1.807, 2.05) is 0 Å². The van der Waals surface area contributed by atoms with Crippen molar-refractivity contribution in [1.82, 2.24) is 0 Å². The van der Waals surface area contributed by atoms with Gasteiger partial charge in [0.05, 0.1) is 24.6 Å². The number of amides is 3. The molecular formula is C25H22N2O4. The molecular weight excluding hydrogens is 392 g/mol. The van der Waals surface area contributed by atoms with Crippen molar-refractivity contribution in [3.05, 3.63) is 66.2 Å². The van der Waals surface area contributed by atoms with Crippen LogP contribution in [0.25, 0.3) is 0 Å². The van der Waals surface area contributed by atoms with E-state index in [2.05, 4.69) is 17.5 Å². The van der Waals surface area contributed by atoms with Gasteiger partial charge >= 0.3 is 0 Å². The van der Waals surface area contributed by atoms with Crippen molar-refractivity contribution in [3.63, 3.8) is 0 Å². The molecule has 0 aromatic heterocycles. The van der Waals surface area contributed by atoms with Crippen LogP contribution in [0.3, 0.4) is 0 Å². The number of nitrogens with one attached hydrogen (secondary N) is 1. The molecule has 0 unspecified atom stereocenters. The highest BCUT2D eigenvalue weighted by molar-refractivity contribution is 6.22. The van der Waals surface area contributed by atoms with Crippen LogP contribution in [0.15, 0.2) is 60.7 Å². The minimum Gasteiger partial charge on any atom is -0.497 e. The lowest BCUT2D eigenvalue weighted by Crippen LogP contribution is -2.40. The van der Waals surface area contributed by atoms with Gasteiger partial charge in [-0.05, 0) is 78.6 Å². The molecule has 1 heterocycles. The molecule has 0 radical (unpaired) electrons. The Morgan fingerprint density at radius 3 is 2.03 bits per heavy atom. The fourth-order valence-corrected chi connectivity index (χ4v) is 5.85. The second-order valence-corrected chi connectivity index (χ2v) is 8.90. The van der Waals surface area contributed by atoms with Crippen LogP contribution < -0.4 is 15.0 Å². The number of anilines is 2. The number of benzene rings is 2. The van der Waals surface area contributed by atoms with Gasteiger partial charge < -0.3 is 10.1 Å². The van der Waals surface area contributed by atoms with E-state index in [9.17, 15) is 14.4 Å². The Morgan fingerprint density at radius 2 is 1.48 bits per heavy atom. The third-order valence-electron chi connectivity index (χ3n) is 7.40. The van der Waals surface area contributed by atoms with Gasteiger partial charge in [0.15, 0.2) is 0 Å². The van der Waals surface area contributed by atoms with Gasteiger partial charge in [0.25, 0.3) is 5.91 Å². The highest BCUT2D eigenvalue weighted by atomic mass is 16.5. The lowest BCUT2D eigenvalue weighted by atomic mass is 9.63. The third-order valence-corrected chi connectivity index (χ3v) is 7.40. The van der Waals surface area contributed by atoms with Crippen molar-refractivity contribution >= 4 is 29.1 Å². The van der Waals surface area contributed by atoms with Crippen molar-refractivity contribution in [3.8, 4) is 5.75 Å². The number of carbonyl (C=O) groups excluding carboxylic acids is 3. The second-order valence-electron chi connectivity index (χ2n) is 8.90. The maximum absolute atomic E-state index is 13.2. The predicted octanol–water partition coefficient (Wildman–Crippen LogP) is 3.51. The molecule has 2 bridgehead atoms. The van der Waals surface area contributed by atoms with Crippen molar-refractivity contribution in [2.45, 2.75) is 6.42 Å². The summed E-state index contributed by atoms with van der Waals surface area (Å²) in [5.41, 5.74) is 1.66. The van der Waals surface area contributed by atoms with Crippen LogP contribution in [0.4, 0.5) is 11.4 Å². The molecule has 0 spiro atoms. The Labute approximate surface area is 179 Å². The lowest BCUT2D eigenvalue weighted by Gasteiger charge is -2.37. The number of nitrogens with zero attached hydrogens (tertiary/aromatic N) is 1. The maximum Gasteiger partial charge on any atom is 0.255 e. The van der Waals surface area contributed by atoms with E-state index in [4.69, 9.17) is 4.74 Å². The average Bonchev–Trinajstić information content (AvgIpc) is 3.58. The summed E-state index contributed by atoms with van der Waals surface area (Å²) in [5, 5.41) is 2.84. The Kier molecular flexibility index (Phi) is 3.88. The van der Waals surface area contributed by atoms with E-state index in [-0.39, 0.29) is 41.4 Å². The number of methoxy groups -OCH3 is 1. The van der Waals surface area contributed by atoms with Gasteiger partial charge in [0.1, 0.15) is 5.75 Å². The zero-order chi connectivity index (χ0) is 21.3. The molecule has 7 rings (SSSR count). The Morgan fingerprint density at radius 1 is 0.903 bits per heavy atom. The van der Waals surface area contributed by atoms with E-state index in [0.717, 1.165) is 6.42 Å². The molecule has 2 aromatic rings. The Hall–Kier alpha value is -3.41. The summed E-state index contributed by atoms with van der Waals surface area (Å²) in [4.78, 5) is 40.3. The van der Waals surface area contributed by atoms with Crippen LogP contribution in [-0.2, 0) is 9.59 Å². The highest BCUT2D eigenvalue weighted by Gasteiger charge is 2.67. The Balaban J connectivity index is 1.20. The minimum atomic E-state index is -0.258. The summed E-state index contributed by atoms with van der Waals surface area (Å²) in [6.07, 6.45) is 5.48. The molecule has 1 saturated heterocycles. The molecule has 4 aliphatic carbocycles. The molecule has 3 amide bonds. The monoisotopic (exact) mass is 414 g/mol. The summed E-state index contributed by atoms with van der Waals surface area (Å²) in [6.45, 7) is 0. The van der Waals surface area contributed by atoms with Crippen molar-refractivity contribution in [2.75, 3.05) is 17.3 Å². The Bertz CT molecular complexity index is 1090. The first kappa shape index (κ1) is 18.4. The number of allylic oxidation sites excluding steroid dienone is 2. The topological polar surface area (TPSA) is 75.7 Å². The summed E-state index contributed by atoms with van der Waals surface area (Å²) in [7, 11) is 1.59. The van der Waals surface area contributed by atoms with Gasteiger partial charge in [-0.25, -0.2) is 0 Å². The predicted molar refractivity (Wildman–Crippen MR) is 115 cm³/mol. The summed E-state index contributed by atoms with van der Waals surface area (Å²) in [5.74, 6) is 1.41. The molecule has 31 heavy (non-hydrogen) atoms. The van der Waals surface area contributed by atoms with E-state index in [1.54, 1.807) is 55.6 Å². The van der Waals surface area contributed by atoms with Gasteiger partial charge in [0, 0.05) is 11.3 Å². The molecule has 5 aliphatic rings. The highest BCUT2D eigenvalue weighted by Crippen LogP contribution is 2.65. The molecule has 1 N–H and O–H groups in total. The quantitative estimate of drug-likeness (QED) is 0.614. The molecule has 6 nitrogen and oxygen atoms in total. The first-order valence-electron chi connectivity index (χ1n) is 10.7. The van der Waals surface area contributed by atoms with E-state index >= 15 is 0 Å². The molecule has 6 heteroatoms. The van der Waals surface area contributed by atoms with Crippen LogP contribution in [0.2, 0.25) is 0 Å². The summed E-state index contributed by atoms with van der Waals surface area (Å²) < 4.78 is 5.12. The van der Waals surface area contributed by atoms with Crippen LogP contribution >= 0.6 is 0 Å². The number of rotatable bonds is 4. The largest absolute Gasteiger partial charge is 0.497 e. The van der Waals surface area contributed by atoms with E-state index in [1.165, 1.54) is 4.90 Å². The normalized spacial score (nSPS) is 32.0. The molecule has 1 aliphatic heterocycles. The van der Waals surface area contributed by atoms with E-state index in [0.29, 0.717) is 34.5 Å². The number of hydrogen-bond donors (Lipinski definition) is 1. The summed E-state index contributed by atoms with van der Waals surface area (Å²) in [6, 6.07) is 13.8. The minimum absolute atomic E-state index is 0.0878.